The Balaban J connectivity index is 1.54. The second kappa shape index (κ2) is 7.66. The van der Waals surface area contributed by atoms with E-state index in [9.17, 15) is 0 Å². The predicted molar refractivity (Wildman–Crippen MR) is 98.1 cm³/mol. The topological polar surface area (TPSA) is 47.0 Å². The number of rotatable bonds is 5. The fourth-order valence-electron chi connectivity index (χ4n) is 3.35. The molecule has 25 heavy (non-hydrogen) atoms. The lowest BCUT2D eigenvalue weighted by atomic mass is 10.1. The van der Waals surface area contributed by atoms with Crippen LogP contribution in [0, 0.1) is 0 Å². The first-order valence-corrected chi connectivity index (χ1v) is 8.97. The molecule has 0 spiro atoms. The molecule has 0 N–H and O–H groups in total. The summed E-state index contributed by atoms with van der Waals surface area (Å²) in [5, 5.41) is 0. The van der Waals surface area contributed by atoms with Crippen molar-refractivity contribution in [2.75, 3.05) is 26.4 Å². The van der Waals surface area contributed by atoms with E-state index in [1.807, 2.05) is 30.6 Å². The van der Waals surface area contributed by atoms with Gasteiger partial charge < -0.3 is 14.4 Å². The van der Waals surface area contributed by atoms with Gasteiger partial charge >= 0.3 is 0 Å². The summed E-state index contributed by atoms with van der Waals surface area (Å²) in [7, 11) is 0. The molecule has 0 atom stereocenters. The Morgan fingerprint density at radius 2 is 1.96 bits per heavy atom. The number of aromatic nitrogens is 1. The van der Waals surface area contributed by atoms with Gasteiger partial charge in [0.1, 0.15) is 0 Å². The van der Waals surface area contributed by atoms with Crippen LogP contribution in [0.3, 0.4) is 0 Å². The third-order valence-electron chi connectivity index (χ3n) is 4.76. The van der Waals surface area contributed by atoms with Crippen molar-refractivity contribution in [3.63, 3.8) is 0 Å². The van der Waals surface area contributed by atoms with E-state index >= 15 is 0 Å². The highest BCUT2D eigenvalue weighted by Crippen LogP contribution is 2.38. The minimum Gasteiger partial charge on any atom is -0.454 e. The number of likely N-dealkylation sites (tertiary alicyclic amines) is 1. The van der Waals surface area contributed by atoms with Crippen molar-refractivity contribution in [1.82, 2.24) is 9.88 Å². The van der Waals surface area contributed by atoms with Crippen molar-refractivity contribution < 1.29 is 9.47 Å². The molecule has 0 bridgehead atoms. The minimum absolute atomic E-state index is 0.288. The molecular weight excluding hydrogens is 314 g/mol. The van der Waals surface area contributed by atoms with Crippen molar-refractivity contribution in [2.24, 2.45) is 4.99 Å². The zero-order chi connectivity index (χ0) is 16.9. The smallest absolute Gasteiger partial charge is 0.231 e. The SMILES string of the molecule is C(=Nc1cc2c(cc1CCN1CCCCC1)OCO2)c1cccnc1. The van der Waals surface area contributed by atoms with Gasteiger partial charge in [0.15, 0.2) is 11.5 Å². The number of hydrogen-bond donors (Lipinski definition) is 0. The summed E-state index contributed by atoms with van der Waals surface area (Å²) in [5.41, 5.74) is 3.14. The van der Waals surface area contributed by atoms with E-state index in [1.54, 1.807) is 6.20 Å². The van der Waals surface area contributed by atoms with Crippen LogP contribution in [-0.2, 0) is 6.42 Å². The normalized spacial score (nSPS) is 17.3. The highest BCUT2D eigenvalue weighted by molar-refractivity contribution is 5.82. The molecule has 0 saturated carbocycles. The van der Waals surface area contributed by atoms with Gasteiger partial charge in [-0.3, -0.25) is 9.98 Å². The molecule has 130 valence electrons. The molecule has 0 amide bonds. The van der Waals surface area contributed by atoms with Gasteiger partial charge in [-0.15, -0.1) is 0 Å². The van der Waals surface area contributed by atoms with E-state index in [2.05, 4.69) is 16.0 Å². The summed E-state index contributed by atoms with van der Waals surface area (Å²) in [6.45, 7) is 3.77. The Bertz CT molecular complexity index is 740. The average Bonchev–Trinajstić information content (AvgIpc) is 3.13. The van der Waals surface area contributed by atoms with Crippen molar-refractivity contribution >= 4 is 11.9 Å². The Labute approximate surface area is 148 Å². The van der Waals surface area contributed by atoms with Gasteiger partial charge in [-0.25, -0.2) is 0 Å². The molecule has 2 aromatic rings. The largest absolute Gasteiger partial charge is 0.454 e. The molecule has 1 aromatic heterocycles. The zero-order valence-corrected chi connectivity index (χ0v) is 14.4. The monoisotopic (exact) mass is 337 g/mol. The first-order valence-electron chi connectivity index (χ1n) is 8.97. The minimum atomic E-state index is 0.288. The van der Waals surface area contributed by atoms with Crippen LogP contribution in [0.25, 0.3) is 0 Å². The summed E-state index contributed by atoms with van der Waals surface area (Å²) in [4.78, 5) is 11.4. The number of pyridine rings is 1. The third kappa shape index (κ3) is 3.99. The van der Waals surface area contributed by atoms with Gasteiger partial charge in [-0.2, -0.15) is 0 Å². The average molecular weight is 337 g/mol. The molecular formula is C20H23N3O2. The van der Waals surface area contributed by atoms with Crippen molar-refractivity contribution in [3.8, 4) is 11.5 Å². The van der Waals surface area contributed by atoms with E-state index in [0.717, 1.165) is 35.7 Å². The highest BCUT2D eigenvalue weighted by Gasteiger charge is 2.18. The second-order valence-electron chi connectivity index (χ2n) is 6.53. The number of ether oxygens (including phenoxy) is 2. The van der Waals surface area contributed by atoms with E-state index in [0.29, 0.717) is 0 Å². The number of fused-ring (bicyclic) bond motifs is 1. The molecule has 0 unspecified atom stereocenters. The van der Waals surface area contributed by atoms with Crippen LogP contribution in [0.1, 0.15) is 30.4 Å². The first-order chi connectivity index (χ1) is 12.4. The maximum atomic E-state index is 5.55. The Morgan fingerprint density at radius 1 is 1.12 bits per heavy atom. The number of benzene rings is 1. The molecule has 5 nitrogen and oxygen atoms in total. The summed E-state index contributed by atoms with van der Waals surface area (Å²) in [6.07, 6.45) is 10.4. The summed E-state index contributed by atoms with van der Waals surface area (Å²) >= 11 is 0. The van der Waals surface area contributed by atoms with Crippen molar-refractivity contribution in [2.45, 2.75) is 25.7 Å². The quantitative estimate of drug-likeness (QED) is 0.782. The molecule has 0 radical (unpaired) electrons. The summed E-state index contributed by atoms with van der Waals surface area (Å²) in [5.74, 6) is 1.61. The van der Waals surface area contributed by atoms with Crippen LogP contribution < -0.4 is 9.47 Å². The lowest BCUT2D eigenvalue weighted by molar-refractivity contribution is 0.174. The summed E-state index contributed by atoms with van der Waals surface area (Å²) in [6, 6.07) is 7.98. The lowest BCUT2D eigenvalue weighted by Crippen LogP contribution is -2.31. The molecule has 4 rings (SSSR count). The zero-order valence-electron chi connectivity index (χ0n) is 14.4. The Hall–Kier alpha value is -2.40. The van der Waals surface area contributed by atoms with Gasteiger partial charge in [0, 0.05) is 36.8 Å². The molecule has 2 aliphatic heterocycles. The van der Waals surface area contributed by atoms with Gasteiger partial charge in [-0.1, -0.05) is 12.5 Å². The van der Waals surface area contributed by atoms with E-state index in [4.69, 9.17) is 14.5 Å². The fraction of sp³-hybridized carbons (Fsp3) is 0.400. The molecule has 2 aliphatic rings. The molecule has 1 aromatic carbocycles. The molecule has 5 heteroatoms. The molecule has 1 saturated heterocycles. The van der Waals surface area contributed by atoms with E-state index < -0.39 is 0 Å². The van der Waals surface area contributed by atoms with Crippen LogP contribution in [0.4, 0.5) is 5.69 Å². The van der Waals surface area contributed by atoms with Crippen LogP contribution >= 0.6 is 0 Å². The molecule has 1 fully saturated rings. The highest BCUT2D eigenvalue weighted by atomic mass is 16.7. The van der Waals surface area contributed by atoms with Gasteiger partial charge in [0.05, 0.1) is 5.69 Å². The van der Waals surface area contributed by atoms with E-state index in [1.165, 1.54) is 37.9 Å². The van der Waals surface area contributed by atoms with Crippen LogP contribution in [0.15, 0.2) is 41.7 Å². The molecule has 0 aliphatic carbocycles. The van der Waals surface area contributed by atoms with Crippen LogP contribution in [-0.4, -0.2) is 42.5 Å². The van der Waals surface area contributed by atoms with Crippen LogP contribution in [0.5, 0.6) is 11.5 Å². The van der Waals surface area contributed by atoms with Crippen LogP contribution in [0.2, 0.25) is 0 Å². The molecule has 3 heterocycles. The Kier molecular flexibility index (Phi) is 4.93. The maximum absolute atomic E-state index is 5.55. The van der Waals surface area contributed by atoms with Gasteiger partial charge in [0.25, 0.3) is 0 Å². The second-order valence-corrected chi connectivity index (χ2v) is 6.53. The predicted octanol–water partition coefficient (Wildman–Crippen LogP) is 3.59. The van der Waals surface area contributed by atoms with Crippen molar-refractivity contribution in [3.05, 3.63) is 47.8 Å². The van der Waals surface area contributed by atoms with Gasteiger partial charge in [-0.05, 0) is 50.0 Å². The first kappa shape index (κ1) is 16.1. The number of piperidine rings is 1. The third-order valence-corrected chi connectivity index (χ3v) is 4.76. The lowest BCUT2D eigenvalue weighted by Gasteiger charge is -2.26. The van der Waals surface area contributed by atoms with Gasteiger partial charge in [0.2, 0.25) is 6.79 Å². The Morgan fingerprint density at radius 3 is 2.76 bits per heavy atom. The number of aliphatic imine (C=N–C) groups is 1. The maximum Gasteiger partial charge on any atom is 0.231 e. The van der Waals surface area contributed by atoms with E-state index in [-0.39, 0.29) is 6.79 Å². The standard InChI is InChI=1S/C20H23N3O2/c1-2-8-23(9-3-1)10-6-17-11-19-20(25-15-24-19)12-18(17)22-14-16-5-4-7-21-13-16/h4-5,7,11-14H,1-3,6,8-10,15H2. The number of nitrogens with zero attached hydrogens (tertiary/aromatic N) is 3. The fourth-order valence-corrected chi connectivity index (χ4v) is 3.35. The van der Waals surface area contributed by atoms with Crippen molar-refractivity contribution in [1.29, 1.82) is 0 Å². The summed E-state index contributed by atoms with van der Waals surface area (Å²) < 4.78 is 11.1. The number of hydrogen-bond acceptors (Lipinski definition) is 5.